The minimum atomic E-state index is -0.0141. The van der Waals surface area contributed by atoms with Crippen molar-refractivity contribution in [1.29, 1.82) is 0 Å². The molecule has 0 saturated carbocycles. The number of rotatable bonds is 5. The maximum absolute atomic E-state index is 12.9. The molecule has 2 aromatic carbocycles. The number of aryl methyl sites for hydroxylation is 1. The number of ether oxygens (including phenoxy) is 1. The fourth-order valence-corrected chi connectivity index (χ4v) is 3.13. The van der Waals surface area contributed by atoms with Gasteiger partial charge in [0.2, 0.25) is 0 Å². The van der Waals surface area contributed by atoms with Crippen molar-refractivity contribution in [3.8, 4) is 11.4 Å². The highest BCUT2D eigenvalue weighted by Gasteiger charge is 2.34. The summed E-state index contributed by atoms with van der Waals surface area (Å²) in [6.07, 6.45) is 4.01. The average Bonchev–Trinajstić information content (AvgIpc) is 3.18. The molecule has 3 aromatic rings. The van der Waals surface area contributed by atoms with Crippen LogP contribution in [0.3, 0.4) is 0 Å². The molecule has 0 bridgehead atoms. The number of carbonyl (C=O) groups excluding carboxylic acids is 1. The fourth-order valence-electron chi connectivity index (χ4n) is 3.13. The van der Waals surface area contributed by atoms with Gasteiger partial charge < -0.3 is 9.64 Å². The van der Waals surface area contributed by atoms with Crippen LogP contribution < -0.4 is 4.74 Å². The zero-order valence-corrected chi connectivity index (χ0v) is 14.6. The van der Waals surface area contributed by atoms with Gasteiger partial charge in [0.1, 0.15) is 24.5 Å². The largest absolute Gasteiger partial charge is 0.486 e. The predicted octanol–water partition coefficient (Wildman–Crippen LogP) is 2.73. The maximum Gasteiger partial charge on any atom is 0.256 e. The molecule has 0 N–H and O–H groups in total. The van der Waals surface area contributed by atoms with E-state index in [0.717, 1.165) is 17.9 Å². The van der Waals surface area contributed by atoms with E-state index in [1.54, 1.807) is 15.9 Å². The van der Waals surface area contributed by atoms with E-state index in [2.05, 4.69) is 23.1 Å². The molecule has 2 heterocycles. The molecule has 1 aromatic heterocycles. The summed E-state index contributed by atoms with van der Waals surface area (Å²) in [6, 6.07) is 15.5. The number of hydrogen-bond donors (Lipinski definition) is 0. The fraction of sp³-hybridized carbons (Fsp3) is 0.250. The van der Waals surface area contributed by atoms with Gasteiger partial charge in [0, 0.05) is 0 Å². The molecule has 1 aliphatic heterocycles. The molecule has 26 heavy (non-hydrogen) atoms. The van der Waals surface area contributed by atoms with Gasteiger partial charge in [-0.25, -0.2) is 9.67 Å². The first-order valence-electron chi connectivity index (χ1n) is 8.74. The van der Waals surface area contributed by atoms with Crippen molar-refractivity contribution in [3.63, 3.8) is 0 Å². The van der Waals surface area contributed by atoms with E-state index < -0.39 is 0 Å². The van der Waals surface area contributed by atoms with Crippen LogP contribution in [0.25, 0.3) is 5.69 Å². The number of hydrogen-bond acceptors (Lipinski definition) is 4. The third-order valence-electron chi connectivity index (χ3n) is 4.58. The van der Waals surface area contributed by atoms with Gasteiger partial charge in [-0.05, 0) is 30.2 Å². The molecule has 0 unspecified atom stereocenters. The van der Waals surface area contributed by atoms with Gasteiger partial charge in [0.25, 0.3) is 5.91 Å². The number of para-hydroxylation sites is 2. The van der Waals surface area contributed by atoms with E-state index >= 15 is 0 Å². The van der Waals surface area contributed by atoms with Crippen LogP contribution in [-0.2, 0) is 6.42 Å². The Morgan fingerprint density at radius 3 is 2.69 bits per heavy atom. The first kappa shape index (κ1) is 16.3. The molecule has 6 nitrogen and oxygen atoms in total. The molecule has 1 fully saturated rings. The molecule has 4 rings (SSSR count). The molecular formula is C20H20N4O2. The highest BCUT2D eigenvalue weighted by molar-refractivity contribution is 5.98. The van der Waals surface area contributed by atoms with E-state index in [1.165, 1.54) is 11.9 Å². The molecule has 0 atom stereocenters. The van der Waals surface area contributed by atoms with Gasteiger partial charge in [0.05, 0.1) is 24.3 Å². The van der Waals surface area contributed by atoms with Crippen LogP contribution in [0.5, 0.6) is 5.75 Å². The first-order chi connectivity index (χ1) is 12.8. The minimum absolute atomic E-state index is 0.0141. The van der Waals surface area contributed by atoms with Crippen LogP contribution in [-0.4, -0.2) is 44.8 Å². The Labute approximate surface area is 152 Å². The van der Waals surface area contributed by atoms with Crippen LogP contribution >= 0.6 is 0 Å². The van der Waals surface area contributed by atoms with Gasteiger partial charge in [-0.3, -0.25) is 4.79 Å². The molecule has 1 saturated heterocycles. The summed E-state index contributed by atoms with van der Waals surface area (Å²) < 4.78 is 7.68. The lowest BCUT2D eigenvalue weighted by molar-refractivity contribution is 0.0174. The summed E-state index contributed by atoms with van der Waals surface area (Å²) in [5.74, 6) is 0.898. The summed E-state index contributed by atoms with van der Waals surface area (Å²) in [5.41, 5.74) is 2.54. The minimum Gasteiger partial charge on any atom is -0.486 e. The Morgan fingerprint density at radius 1 is 1.15 bits per heavy atom. The van der Waals surface area contributed by atoms with Crippen molar-refractivity contribution in [2.45, 2.75) is 19.4 Å². The average molecular weight is 348 g/mol. The molecular weight excluding hydrogens is 328 g/mol. The highest BCUT2D eigenvalue weighted by Crippen LogP contribution is 2.25. The van der Waals surface area contributed by atoms with E-state index in [9.17, 15) is 4.79 Å². The van der Waals surface area contributed by atoms with Crippen LogP contribution in [0.15, 0.2) is 61.2 Å². The zero-order chi connectivity index (χ0) is 17.9. The Balaban J connectivity index is 1.44. The van der Waals surface area contributed by atoms with E-state index in [-0.39, 0.29) is 12.0 Å². The van der Waals surface area contributed by atoms with Gasteiger partial charge in [-0.2, -0.15) is 5.10 Å². The van der Waals surface area contributed by atoms with Crippen molar-refractivity contribution < 1.29 is 9.53 Å². The maximum atomic E-state index is 12.9. The van der Waals surface area contributed by atoms with Crippen LogP contribution in [0.4, 0.5) is 0 Å². The van der Waals surface area contributed by atoms with E-state index in [0.29, 0.717) is 18.7 Å². The number of carbonyl (C=O) groups is 1. The molecule has 0 radical (unpaired) electrons. The molecule has 0 spiro atoms. The van der Waals surface area contributed by atoms with Crippen LogP contribution in [0.1, 0.15) is 22.8 Å². The number of benzene rings is 2. The monoisotopic (exact) mass is 348 g/mol. The number of amides is 1. The lowest BCUT2D eigenvalue weighted by Crippen LogP contribution is -2.56. The molecule has 132 valence electrons. The van der Waals surface area contributed by atoms with Crippen molar-refractivity contribution in [1.82, 2.24) is 19.7 Å². The van der Waals surface area contributed by atoms with Gasteiger partial charge in [-0.1, -0.05) is 37.3 Å². The quantitative estimate of drug-likeness (QED) is 0.711. The van der Waals surface area contributed by atoms with Crippen molar-refractivity contribution in [2.75, 3.05) is 13.1 Å². The normalized spacial score (nSPS) is 14.1. The number of likely N-dealkylation sites (tertiary alicyclic amines) is 1. The Morgan fingerprint density at radius 2 is 1.92 bits per heavy atom. The lowest BCUT2D eigenvalue weighted by atomic mass is 10.1. The lowest BCUT2D eigenvalue weighted by Gasteiger charge is -2.39. The standard InChI is InChI=1S/C20H20N4O2/c1-2-15-7-3-6-10-19(15)26-16-11-23(12-16)20(25)17-8-4-5-9-18(17)24-14-21-13-22-24/h3-10,13-14,16H,2,11-12H2,1H3. The third-order valence-corrected chi connectivity index (χ3v) is 4.58. The van der Waals surface area contributed by atoms with Crippen LogP contribution in [0.2, 0.25) is 0 Å². The Hall–Kier alpha value is -3.15. The second-order valence-electron chi connectivity index (χ2n) is 6.27. The SMILES string of the molecule is CCc1ccccc1OC1CN(C(=O)c2ccccc2-n2cncn2)C1. The number of nitrogens with zero attached hydrogens (tertiary/aromatic N) is 4. The molecule has 0 aliphatic carbocycles. The van der Waals surface area contributed by atoms with E-state index in [1.807, 2.05) is 42.5 Å². The topological polar surface area (TPSA) is 60.2 Å². The molecule has 6 heteroatoms. The summed E-state index contributed by atoms with van der Waals surface area (Å²) in [7, 11) is 0. The molecule has 1 amide bonds. The third kappa shape index (κ3) is 3.06. The second kappa shape index (κ2) is 7.00. The van der Waals surface area contributed by atoms with Gasteiger partial charge >= 0.3 is 0 Å². The zero-order valence-electron chi connectivity index (χ0n) is 14.6. The van der Waals surface area contributed by atoms with E-state index in [4.69, 9.17) is 4.74 Å². The van der Waals surface area contributed by atoms with Crippen molar-refractivity contribution in [2.24, 2.45) is 0 Å². The Bertz CT molecular complexity index is 902. The smallest absolute Gasteiger partial charge is 0.256 e. The Kier molecular flexibility index (Phi) is 4.39. The summed E-state index contributed by atoms with van der Waals surface area (Å²) in [5, 5.41) is 4.13. The summed E-state index contributed by atoms with van der Waals surface area (Å²) >= 11 is 0. The van der Waals surface area contributed by atoms with Crippen LogP contribution in [0, 0.1) is 0 Å². The summed E-state index contributed by atoms with van der Waals surface area (Å²) in [4.78, 5) is 18.6. The van der Waals surface area contributed by atoms with Gasteiger partial charge in [0.15, 0.2) is 0 Å². The first-order valence-corrected chi connectivity index (χ1v) is 8.74. The number of aromatic nitrogens is 3. The van der Waals surface area contributed by atoms with Crippen molar-refractivity contribution in [3.05, 3.63) is 72.3 Å². The highest BCUT2D eigenvalue weighted by atomic mass is 16.5. The van der Waals surface area contributed by atoms with Gasteiger partial charge in [-0.15, -0.1) is 0 Å². The van der Waals surface area contributed by atoms with Crippen molar-refractivity contribution >= 4 is 5.91 Å². The summed E-state index contributed by atoms with van der Waals surface area (Å²) in [6.45, 7) is 3.28. The second-order valence-corrected chi connectivity index (χ2v) is 6.27. The molecule has 1 aliphatic rings. The predicted molar refractivity (Wildman–Crippen MR) is 97.5 cm³/mol.